The Morgan fingerprint density at radius 3 is 1.67 bits per heavy atom. The molecule has 0 N–H and O–H groups in total. The first-order chi connectivity index (χ1) is 21.4. The van der Waals surface area contributed by atoms with Gasteiger partial charge in [0.25, 0.3) is 0 Å². The van der Waals surface area contributed by atoms with Gasteiger partial charge in [-0.3, -0.25) is 24.1 Å². The molecule has 0 bridgehead atoms. The van der Waals surface area contributed by atoms with Gasteiger partial charge in [0, 0.05) is 49.4 Å². The topological polar surface area (TPSA) is 190 Å². The summed E-state index contributed by atoms with van der Waals surface area (Å²) in [4.78, 5) is 27.0. The van der Waals surface area contributed by atoms with Crippen molar-refractivity contribution in [3.05, 3.63) is 85.0 Å². The average Bonchev–Trinajstić information content (AvgIpc) is 3.08. The first-order valence-electron chi connectivity index (χ1n) is 12.4. The van der Waals surface area contributed by atoms with E-state index < -0.39 is 26.6 Å². The van der Waals surface area contributed by atoms with E-state index in [0.29, 0.717) is 39.0 Å². The molecule has 0 aliphatic heterocycles. The van der Waals surface area contributed by atoms with E-state index in [-0.39, 0.29) is 4.90 Å². The van der Waals surface area contributed by atoms with Crippen LogP contribution < -0.4 is 18.9 Å². The highest BCUT2D eigenvalue weighted by atomic mass is 32.2. The second kappa shape index (κ2) is 19.9. The molecule has 4 aromatic rings. The minimum atomic E-state index is -3.18. The number of esters is 1. The molecule has 0 aliphatic rings. The largest absolute Gasteiger partial charge is 0.495 e. The number of hydrogen-bond donors (Lipinski definition) is 0. The minimum absolute atomic E-state index is 0.168. The summed E-state index contributed by atoms with van der Waals surface area (Å²) < 4.78 is 56.9. The van der Waals surface area contributed by atoms with Gasteiger partial charge >= 0.3 is 5.97 Å². The molecule has 1 atom stereocenters. The molecule has 0 aromatic carbocycles. The molecular formula is C29H33N5O9S2. The third-order valence-electron chi connectivity index (χ3n) is 5.06. The Bertz CT molecular complexity index is 1700. The monoisotopic (exact) mass is 659 g/mol. The van der Waals surface area contributed by atoms with E-state index in [2.05, 4.69) is 24.7 Å². The predicted octanol–water partition coefficient (Wildman–Crippen LogP) is 3.16. The van der Waals surface area contributed by atoms with Crippen molar-refractivity contribution < 1.29 is 41.1 Å². The van der Waals surface area contributed by atoms with Crippen LogP contribution in [0.15, 0.2) is 83.6 Å². The molecular weight excluding hydrogens is 626 g/mol. The van der Waals surface area contributed by atoms with Gasteiger partial charge in [-0.05, 0) is 12.1 Å². The van der Waals surface area contributed by atoms with Crippen molar-refractivity contribution in [2.75, 3.05) is 48.1 Å². The molecule has 45 heavy (non-hydrogen) atoms. The lowest BCUT2D eigenvalue weighted by Gasteiger charge is -2.00. The Morgan fingerprint density at radius 2 is 1.18 bits per heavy atom. The van der Waals surface area contributed by atoms with E-state index in [1.165, 1.54) is 65.5 Å². The quantitative estimate of drug-likeness (QED) is 0.263. The number of carbonyl (C=O) groups is 1. The normalized spacial score (nSPS) is 10.4. The summed E-state index contributed by atoms with van der Waals surface area (Å²) in [6.45, 7) is 0. The van der Waals surface area contributed by atoms with Crippen LogP contribution in [0.3, 0.4) is 0 Å². The van der Waals surface area contributed by atoms with Crippen LogP contribution in [0.5, 0.6) is 23.0 Å². The third kappa shape index (κ3) is 14.3. The van der Waals surface area contributed by atoms with Gasteiger partial charge in [-0.2, -0.15) is 5.26 Å². The predicted molar refractivity (Wildman–Crippen MR) is 165 cm³/mol. The average molecular weight is 660 g/mol. The Morgan fingerprint density at radius 1 is 0.711 bits per heavy atom. The van der Waals surface area contributed by atoms with Crippen LogP contribution in [-0.4, -0.2) is 86.6 Å². The summed E-state index contributed by atoms with van der Waals surface area (Å²) >= 11 is 0. The highest BCUT2D eigenvalue weighted by Crippen LogP contribution is 2.15. The molecule has 0 aliphatic carbocycles. The van der Waals surface area contributed by atoms with Gasteiger partial charge in [-0.15, -0.1) is 0 Å². The molecule has 1 unspecified atom stereocenters. The van der Waals surface area contributed by atoms with E-state index in [0.717, 1.165) is 6.26 Å². The van der Waals surface area contributed by atoms with Crippen LogP contribution in [0.25, 0.3) is 0 Å². The molecule has 240 valence electrons. The molecule has 0 amide bonds. The van der Waals surface area contributed by atoms with E-state index in [9.17, 15) is 17.4 Å². The molecule has 0 fully saturated rings. The molecule has 0 radical (unpaired) electrons. The summed E-state index contributed by atoms with van der Waals surface area (Å²) in [6.07, 6.45) is 14.6. The first kappa shape index (κ1) is 37.9. The first-order valence-corrected chi connectivity index (χ1v) is 15.8. The maximum absolute atomic E-state index is 11.0. The molecule has 4 heterocycles. The number of pyridine rings is 4. The van der Waals surface area contributed by atoms with Gasteiger partial charge in [-0.25, -0.2) is 13.2 Å². The molecule has 0 saturated heterocycles. The van der Waals surface area contributed by atoms with Crippen molar-refractivity contribution >= 4 is 26.6 Å². The Labute approximate surface area is 264 Å². The maximum atomic E-state index is 11.0. The van der Waals surface area contributed by atoms with Crippen LogP contribution in [-0.2, 0) is 25.4 Å². The standard InChI is InChI=1S/C8H9NO3.C7H6N2O.C7H9NO3S.C7H9NO2S/c1-11-7-3-6(4-9-5-7)8(10)12-2;1-10-7-2-6(3-8)4-9-5-7;1-11-6-3-7(5-8-4-6)12(2,9)10;1-10-6-3-7(11(2)9)5-8-4-6/h3-5H,1-2H3;2,4-5H,1H3;3-5H,1-2H3;3-5H,1-2H3. The summed E-state index contributed by atoms with van der Waals surface area (Å²) in [5.74, 6) is 1.81. The number of ether oxygens (including phenoxy) is 5. The molecule has 4 rings (SSSR count). The van der Waals surface area contributed by atoms with Crippen molar-refractivity contribution in [2.24, 2.45) is 0 Å². The zero-order chi connectivity index (χ0) is 33.8. The molecule has 4 aromatic heterocycles. The highest BCUT2D eigenvalue weighted by molar-refractivity contribution is 7.90. The lowest BCUT2D eigenvalue weighted by Crippen LogP contribution is -2.01. The van der Waals surface area contributed by atoms with Gasteiger partial charge in [0.2, 0.25) is 0 Å². The maximum Gasteiger partial charge on any atom is 0.339 e. The second-order valence-corrected chi connectivity index (χ2v) is 11.6. The summed E-state index contributed by atoms with van der Waals surface area (Å²) in [5.41, 5.74) is 0.899. The number of sulfone groups is 1. The second-order valence-electron chi connectivity index (χ2n) is 8.18. The Kier molecular flexibility index (Phi) is 16.8. The van der Waals surface area contributed by atoms with Crippen LogP contribution >= 0.6 is 0 Å². The molecule has 14 nitrogen and oxygen atoms in total. The lowest BCUT2D eigenvalue weighted by molar-refractivity contribution is 0.0599. The Balaban J connectivity index is 0.000000301. The van der Waals surface area contributed by atoms with Gasteiger partial charge in [0.05, 0.1) is 92.1 Å². The SMILES string of the molecule is COC(=O)c1cncc(OC)c1.COc1cncc(C#N)c1.COc1cncc(S(C)(=O)=O)c1.COc1cncc(S(C)=O)c1. The van der Waals surface area contributed by atoms with E-state index >= 15 is 0 Å². The van der Waals surface area contributed by atoms with Crippen molar-refractivity contribution in [3.63, 3.8) is 0 Å². The summed E-state index contributed by atoms with van der Waals surface area (Å²) in [5, 5.41) is 8.41. The Hall–Kier alpha value is -5.14. The number of carbonyl (C=O) groups excluding carboxylic acids is 1. The minimum Gasteiger partial charge on any atom is -0.495 e. The van der Waals surface area contributed by atoms with Gasteiger partial charge in [0.15, 0.2) is 9.84 Å². The number of hydrogen-bond acceptors (Lipinski definition) is 14. The number of aromatic nitrogens is 4. The van der Waals surface area contributed by atoms with Gasteiger partial charge in [-0.1, -0.05) is 0 Å². The summed E-state index contributed by atoms with van der Waals surface area (Å²) in [6, 6.07) is 8.30. The lowest BCUT2D eigenvalue weighted by atomic mass is 10.3. The smallest absolute Gasteiger partial charge is 0.339 e. The fourth-order valence-corrected chi connectivity index (χ4v) is 3.81. The van der Waals surface area contributed by atoms with Crippen LogP contribution in [0.2, 0.25) is 0 Å². The number of methoxy groups -OCH3 is 5. The molecule has 0 spiro atoms. The van der Waals surface area contributed by atoms with Gasteiger partial charge in [0.1, 0.15) is 29.1 Å². The van der Waals surface area contributed by atoms with Crippen molar-refractivity contribution in [3.8, 4) is 29.1 Å². The number of nitrogens with zero attached hydrogens (tertiary/aromatic N) is 5. The highest BCUT2D eigenvalue weighted by Gasteiger charge is 2.08. The van der Waals surface area contributed by atoms with Crippen LogP contribution in [0.4, 0.5) is 0 Å². The van der Waals surface area contributed by atoms with Gasteiger partial charge < -0.3 is 23.7 Å². The van der Waals surface area contributed by atoms with Crippen LogP contribution in [0.1, 0.15) is 15.9 Å². The fraction of sp³-hybridized carbons (Fsp3) is 0.241. The number of nitriles is 1. The zero-order valence-electron chi connectivity index (χ0n) is 25.7. The third-order valence-corrected chi connectivity index (χ3v) is 7.02. The number of rotatable bonds is 7. The van der Waals surface area contributed by atoms with Crippen LogP contribution in [0, 0.1) is 11.3 Å². The molecule has 0 saturated carbocycles. The van der Waals surface area contributed by atoms with E-state index in [1.54, 1.807) is 50.2 Å². The van der Waals surface area contributed by atoms with E-state index in [1.807, 2.05) is 6.07 Å². The van der Waals surface area contributed by atoms with Crippen molar-refractivity contribution in [2.45, 2.75) is 9.79 Å². The summed E-state index contributed by atoms with van der Waals surface area (Å²) in [7, 11) is 3.23. The van der Waals surface area contributed by atoms with Crippen molar-refractivity contribution in [1.82, 2.24) is 19.9 Å². The zero-order valence-corrected chi connectivity index (χ0v) is 27.3. The fourth-order valence-electron chi connectivity index (χ4n) is 2.73. The molecule has 16 heteroatoms. The van der Waals surface area contributed by atoms with E-state index in [4.69, 9.17) is 24.2 Å². The van der Waals surface area contributed by atoms with Crippen molar-refractivity contribution in [1.29, 1.82) is 5.26 Å².